The number of fused-ring (bicyclic) bond motifs is 8. The first-order valence-corrected chi connectivity index (χ1v) is 23.2. The molecule has 0 saturated carbocycles. The highest BCUT2D eigenvalue weighted by Gasteiger charge is 2.45. The normalized spacial score (nSPS) is 12.6. The van der Waals surface area contributed by atoms with Crippen molar-refractivity contribution in [3.05, 3.63) is 289 Å². The van der Waals surface area contributed by atoms with Crippen LogP contribution < -0.4 is 4.90 Å². The fraction of sp³-hybridized carbons (Fsp3) is 0.0154. The fourth-order valence-corrected chi connectivity index (χ4v) is 11.2. The Kier molecular flexibility index (Phi) is 9.11. The van der Waals surface area contributed by atoms with Crippen LogP contribution in [0.2, 0.25) is 0 Å². The number of benzene rings is 11. The molecular weight excluding hydrogens is 809 g/mol. The lowest BCUT2D eigenvalue weighted by molar-refractivity contribution is 0.768. The van der Waals surface area contributed by atoms with E-state index in [9.17, 15) is 0 Å². The van der Waals surface area contributed by atoms with Crippen molar-refractivity contribution >= 4 is 49.6 Å². The van der Waals surface area contributed by atoms with Gasteiger partial charge in [-0.2, -0.15) is 0 Å². The second-order valence-electron chi connectivity index (χ2n) is 17.6. The minimum Gasteiger partial charge on any atom is -0.310 e. The molecule has 67 heavy (non-hydrogen) atoms. The molecule has 2 nitrogen and oxygen atoms in total. The van der Waals surface area contributed by atoms with Crippen LogP contribution in [-0.2, 0) is 5.41 Å². The van der Waals surface area contributed by atoms with Crippen molar-refractivity contribution in [2.45, 2.75) is 5.41 Å². The fourth-order valence-electron chi connectivity index (χ4n) is 11.2. The van der Waals surface area contributed by atoms with Crippen LogP contribution in [0.3, 0.4) is 0 Å². The number of rotatable bonds is 8. The van der Waals surface area contributed by atoms with Crippen LogP contribution >= 0.6 is 0 Å². The molecule has 1 aromatic heterocycles. The molecule has 1 heterocycles. The van der Waals surface area contributed by atoms with E-state index in [1.54, 1.807) is 0 Å². The average Bonchev–Trinajstić information content (AvgIpc) is 3.91. The van der Waals surface area contributed by atoms with Crippen LogP contribution in [0.4, 0.5) is 17.1 Å². The predicted molar refractivity (Wildman–Crippen MR) is 281 cm³/mol. The minimum atomic E-state index is -0.473. The smallest absolute Gasteiger partial charge is 0.0713 e. The summed E-state index contributed by atoms with van der Waals surface area (Å²) in [6.07, 6.45) is 0. The van der Waals surface area contributed by atoms with Gasteiger partial charge < -0.3 is 9.47 Å². The van der Waals surface area contributed by atoms with Crippen LogP contribution in [0.5, 0.6) is 0 Å². The van der Waals surface area contributed by atoms with Crippen LogP contribution in [0.15, 0.2) is 267 Å². The van der Waals surface area contributed by atoms with Crippen LogP contribution in [-0.4, -0.2) is 4.57 Å². The van der Waals surface area contributed by atoms with E-state index in [1.165, 1.54) is 82.7 Å². The maximum atomic E-state index is 2.48. The molecule has 0 fully saturated rings. The Balaban J connectivity index is 1.05. The molecule has 11 aromatic carbocycles. The molecule has 0 atom stereocenters. The van der Waals surface area contributed by atoms with Gasteiger partial charge in [0.1, 0.15) is 0 Å². The van der Waals surface area contributed by atoms with Crippen LogP contribution in [0, 0.1) is 0 Å². The number of para-hydroxylation sites is 2. The molecule has 1 aliphatic carbocycles. The number of anilines is 3. The SMILES string of the molecule is c1ccc(-c2cccc(-c3cc4ccccc4c4c3c3cc(N(c5ccccc5)c5ccc(C6(c7ccccc7)c7ccccc7-c7ccccc76)cc5)ccc3n4-c3ccccc3)c2)cc1. The second kappa shape index (κ2) is 15.8. The lowest BCUT2D eigenvalue weighted by Gasteiger charge is -2.34. The number of hydrogen-bond acceptors (Lipinski definition) is 1. The highest BCUT2D eigenvalue weighted by Crippen LogP contribution is 2.56. The maximum Gasteiger partial charge on any atom is 0.0713 e. The van der Waals surface area contributed by atoms with Gasteiger partial charge in [-0.15, -0.1) is 0 Å². The van der Waals surface area contributed by atoms with E-state index in [4.69, 9.17) is 0 Å². The molecule has 0 bridgehead atoms. The van der Waals surface area contributed by atoms with E-state index in [-0.39, 0.29) is 0 Å². The summed E-state index contributed by atoms with van der Waals surface area (Å²) >= 11 is 0. The standard InChI is InChI=1S/C65H44N2/c1-5-20-45(21-6-1)46-23-19-24-47(42-46)58-43-48-22-13-14-31-55(48)64-63(58)59-44-54(40-41-62(59)67(64)52-29-11-4-12-30-52)66(51-27-9-3-10-28-51)53-38-36-50(37-39-53)65(49-25-7-2-8-26-49)60-34-17-15-32-56(60)57-33-16-18-35-61(57)65/h1-44H. The third-order valence-corrected chi connectivity index (χ3v) is 14.0. The molecule has 2 heteroatoms. The molecular formula is C65H44N2. The lowest BCUT2D eigenvalue weighted by Crippen LogP contribution is -2.28. The van der Waals surface area contributed by atoms with E-state index < -0.39 is 5.41 Å². The summed E-state index contributed by atoms with van der Waals surface area (Å²) < 4.78 is 2.48. The summed E-state index contributed by atoms with van der Waals surface area (Å²) in [5.74, 6) is 0. The van der Waals surface area contributed by atoms with Crippen molar-refractivity contribution in [2.24, 2.45) is 0 Å². The summed E-state index contributed by atoms with van der Waals surface area (Å²) in [6, 6.07) is 98.0. The van der Waals surface area contributed by atoms with Crippen molar-refractivity contribution in [1.29, 1.82) is 0 Å². The van der Waals surface area contributed by atoms with Crippen molar-refractivity contribution in [3.8, 4) is 39.1 Å². The quantitative estimate of drug-likeness (QED) is 0.148. The Hall–Kier alpha value is -8.72. The number of aromatic nitrogens is 1. The molecule has 12 aromatic rings. The highest BCUT2D eigenvalue weighted by atomic mass is 15.1. The molecule has 0 saturated heterocycles. The van der Waals surface area contributed by atoms with E-state index in [0.29, 0.717) is 0 Å². The van der Waals surface area contributed by atoms with Gasteiger partial charge in [-0.3, -0.25) is 0 Å². The molecule has 1 aliphatic rings. The first-order chi connectivity index (χ1) is 33.3. The van der Waals surface area contributed by atoms with Crippen molar-refractivity contribution in [3.63, 3.8) is 0 Å². The summed E-state index contributed by atoms with van der Waals surface area (Å²) in [7, 11) is 0. The van der Waals surface area contributed by atoms with E-state index in [2.05, 4.69) is 276 Å². The topological polar surface area (TPSA) is 8.17 Å². The zero-order valence-electron chi connectivity index (χ0n) is 36.8. The Morgan fingerprint density at radius 1 is 0.328 bits per heavy atom. The molecule has 0 N–H and O–H groups in total. The van der Waals surface area contributed by atoms with Crippen molar-refractivity contribution in [1.82, 2.24) is 4.57 Å². The second-order valence-corrected chi connectivity index (χ2v) is 17.6. The van der Waals surface area contributed by atoms with E-state index >= 15 is 0 Å². The van der Waals surface area contributed by atoms with Gasteiger partial charge in [0.15, 0.2) is 0 Å². The monoisotopic (exact) mass is 852 g/mol. The first-order valence-electron chi connectivity index (χ1n) is 23.2. The summed E-state index contributed by atoms with van der Waals surface area (Å²) in [6.45, 7) is 0. The first kappa shape index (κ1) is 38.7. The molecule has 314 valence electrons. The van der Waals surface area contributed by atoms with Gasteiger partial charge in [0.25, 0.3) is 0 Å². The third-order valence-electron chi connectivity index (χ3n) is 14.0. The van der Waals surface area contributed by atoms with Crippen molar-refractivity contribution < 1.29 is 0 Å². The largest absolute Gasteiger partial charge is 0.310 e. The van der Waals surface area contributed by atoms with Gasteiger partial charge >= 0.3 is 0 Å². The van der Waals surface area contributed by atoms with Crippen LogP contribution in [0.25, 0.3) is 71.6 Å². The van der Waals surface area contributed by atoms with Gasteiger partial charge in [0, 0.05) is 38.9 Å². The van der Waals surface area contributed by atoms with Gasteiger partial charge in [0.2, 0.25) is 0 Å². The minimum absolute atomic E-state index is 0.473. The Bertz CT molecular complexity index is 3730. The Morgan fingerprint density at radius 2 is 0.866 bits per heavy atom. The number of hydrogen-bond donors (Lipinski definition) is 0. The zero-order chi connectivity index (χ0) is 44.3. The van der Waals surface area contributed by atoms with Gasteiger partial charge in [-0.1, -0.05) is 200 Å². The highest BCUT2D eigenvalue weighted by molar-refractivity contribution is 6.24. The van der Waals surface area contributed by atoms with Gasteiger partial charge in [-0.25, -0.2) is 0 Å². The average molecular weight is 853 g/mol. The van der Waals surface area contributed by atoms with E-state index in [1.807, 2.05) is 0 Å². The molecule has 0 amide bonds. The number of nitrogens with zero attached hydrogens (tertiary/aromatic N) is 2. The molecule has 0 unspecified atom stereocenters. The molecule has 0 spiro atoms. The Labute approximate surface area is 390 Å². The zero-order valence-corrected chi connectivity index (χ0v) is 36.8. The predicted octanol–water partition coefficient (Wildman–Crippen LogP) is 17.1. The maximum absolute atomic E-state index is 2.48. The summed E-state index contributed by atoms with van der Waals surface area (Å²) in [5.41, 5.74) is 18.8. The Morgan fingerprint density at radius 3 is 1.58 bits per heavy atom. The summed E-state index contributed by atoms with van der Waals surface area (Å²) in [4.78, 5) is 2.41. The lowest BCUT2D eigenvalue weighted by atomic mass is 9.68. The third kappa shape index (κ3) is 6.11. The molecule has 13 rings (SSSR count). The molecule has 0 radical (unpaired) electrons. The molecule has 0 aliphatic heterocycles. The summed E-state index contributed by atoms with van der Waals surface area (Å²) in [5, 5.41) is 4.86. The van der Waals surface area contributed by atoms with E-state index in [0.717, 1.165) is 28.3 Å². The van der Waals surface area contributed by atoms with Gasteiger partial charge in [-0.05, 0) is 128 Å². The van der Waals surface area contributed by atoms with Gasteiger partial charge in [0.05, 0.1) is 16.4 Å². The van der Waals surface area contributed by atoms with Crippen molar-refractivity contribution in [2.75, 3.05) is 4.90 Å². The van der Waals surface area contributed by atoms with Crippen LogP contribution in [0.1, 0.15) is 22.3 Å².